The molecule has 0 amide bonds. The topological polar surface area (TPSA) is 80.3 Å². The SMILES string of the molecule is CC1(C)CC(Nc2nc(Nc3cc(OCC(F)(F)F)cc(OCC(F)(F)F)c3)ncc2F)CC(C)(C)N1. The van der Waals surface area contributed by atoms with Gasteiger partial charge in [-0.3, -0.25) is 0 Å². The molecule has 0 atom stereocenters. The molecule has 1 aliphatic rings. The highest BCUT2D eigenvalue weighted by molar-refractivity contribution is 5.60. The van der Waals surface area contributed by atoms with Crippen LogP contribution in [0, 0.1) is 5.82 Å². The summed E-state index contributed by atoms with van der Waals surface area (Å²) in [5, 5.41) is 9.24. The average Bonchev–Trinajstić information content (AvgIpc) is 2.70. The van der Waals surface area contributed by atoms with Gasteiger partial charge in [0, 0.05) is 41.0 Å². The van der Waals surface area contributed by atoms with Gasteiger partial charge in [-0.15, -0.1) is 0 Å². The van der Waals surface area contributed by atoms with Crippen molar-refractivity contribution in [2.75, 3.05) is 23.8 Å². The molecule has 2 heterocycles. The lowest BCUT2D eigenvalue weighted by Crippen LogP contribution is -2.60. The number of anilines is 3. The van der Waals surface area contributed by atoms with Gasteiger partial charge >= 0.3 is 12.4 Å². The fraction of sp³-hybridized carbons (Fsp3) is 0.565. The number of alkyl halides is 6. The summed E-state index contributed by atoms with van der Waals surface area (Å²) in [6, 6.07) is 2.96. The van der Waals surface area contributed by atoms with Crippen LogP contribution >= 0.6 is 0 Å². The van der Waals surface area contributed by atoms with E-state index in [9.17, 15) is 30.7 Å². The number of piperidine rings is 1. The highest BCUT2D eigenvalue weighted by atomic mass is 19.4. The van der Waals surface area contributed by atoms with E-state index in [1.54, 1.807) is 0 Å². The van der Waals surface area contributed by atoms with Crippen LogP contribution in [0.25, 0.3) is 0 Å². The number of aromatic nitrogens is 2. The van der Waals surface area contributed by atoms with E-state index in [0.717, 1.165) is 24.4 Å². The van der Waals surface area contributed by atoms with E-state index in [-0.39, 0.29) is 34.6 Å². The molecule has 0 unspecified atom stereocenters. The van der Waals surface area contributed by atoms with E-state index in [4.69, 9.17) is 0 Å². The van der Waals surface area contributed by atoms with Gasteiger partial charge < -0.3 is 25.4 Å². The maximum Gasteiger partial charge on any atom is 0.422 e. The molecule has 14 heteroatoms. The number of benzene rings is 1. The molecule has 1 saturated heterocycles. The molecule has 0 aliphatic carbocycles. The summed E-state index contributed by atoms with van der Waals surface area (Å²) in [7, 11) is 0. The van der Waals surface area contributed by atoms with Gasteiger partial charge in [-0.2, -0.15) is 31.3 Å². The van der Waals surface area contributed by atoms with Crippen LogP contribution < -0.4 is 25.4 Å². The molecule has 0 spiro atoms. The molecule has 1 aliphatic heterocycles. The summed E-state index contributed by atoms with van der Waals surface area (Å²) >= 11 is 0. The van der Waals surface area contributed by atoms with E-state index < -0.39 is 42.9 Å². The largest absolute Gasteiger partial charge is 0.484 e. The number of nitrogens with one attached hydrogen (secondary N) is 3. The van der Waals surface area contributed by atoms with E-state index >= 15 is 0 Å². The standard InChI is InChI=1S/C23H28F7N5O2/c1-20(2)8-14(9-21(3,4)35-20)32-18-17(24)10-31-19(34-18)33-13-5-15(36-11-22(25,26)27)7-16(6-13)37-12-23(28,29)30/h5-7,10,14,35H,8-9,11-12H2,1-4H3,(H2,31,32,33,34). The van der Waals surface area contributed by atoms with E-state index in [1.165, 1.54) is 0 Å². The van der Waals surface area contributed by atoms with Crippen LogP contribution in [-0.2, 0) is 0 Å². The maximum absolute atomic E-state index is 14.5. The minimum Gasteiger partial charge on any atom is -0.484 e. The van der Waals surface area contributed by atoms with Crippen molar-refractivity contribution in [1.29, 1.82) is 0 Å². The molecule has 3 rings (SSSR count). The van der Waals surface area contributed by atoms with Crippen molar-refractivity contribution in [2.45, 2.75) is 70.0 Å². The third kappa shape index (κ3) is 9.41. The van der Waals surface area contributed by atoms with Crippen LogP contribution in [0.15, 0.2) is 24.4 Å². The second-order valence-corrected chi connectivity index (χ2v) is 10.2. The van der Waals surface area contributed by atoms with Gasteiger partial charge in [0.2, 0.25) is 5.95 Å². The first kappa shape index (κ1) is 28.5. The third-order valence-electron chi connectivity index (χ3n) is 5.22. The van der Waals surface area contributed by atoms with Gasteiger partial charge in [0.25, 0.3) is 0 Å². The van der Waals surface area contributed by atoms with Crippen LogP contribution in [0.4, 0.5) is 48.2 Å². The molecule has 1 fully saturated rings. The Kier molecular flexibility index (Phi) is 8.01. The van der Waals surface area contributed by atoms with E-state index in [1.807, 2.05) is 27.7 Å². The van der Waals surface area contributed by atoms with Gasteiger partial charge in [-0.05, 0) is 40.5 Å². The zero-order chi connectivity index (χ0) is 27.6. The second-order valence-electron chi connectivity index (χ2n) is 10.2. The lowest BCUT2D eigenvalue weighted by Gasteiger charge is -2.46. The van der Waals surface area contributed by atoms with Crippen LogP contribution in [-0.4, -0.2) is 52.7 Å². The summed E-state index contributed by atoms with van der Waals surface area (Å²) < 4.78 is 99.3. The molecule has 0 saturated carbocycles. The van der Waals surface area contributed by atoms with Crippen LogP contribution in [0.1, 0.15) is 40.5 Å². The summed E-state index contributed by atoms with van der Waals surface area (Å²) in [6.07, 6.45) is -7.11. The number of hydrogen-bond donors (Lipinski definition) is 3. The van der Waals surface area contributed by atoms with Crippen LogP contribution in [0.3, 0.4) is 0 Å². The fourth-order valence-corrected chi connectivity index (χ4v) is 4.42. The van der Waals surface area contributed by atoms with Crippen molar-refractivity contribution < 1.29 is 40.2 Å². The summed E-state index contributed by atoms with van der Waals surface area (Å²) in [4.78, 5) is 7.94. The molecule has 1 aromatic heterocycles. The summed E-state index contributed by atoms with van der Waals surface area (Å²) in [5.41, 5.74) is -0.486. The van der Waals surface area contributed by atoms with Gasteiger partial charge in [-0.25, -0.2) is 9.37 Å². The normalized spacial score (nSPS) is 17.8. The number of nitrogens with zero attached hydrogens (tertiary/aromatic N) is 2. The van der Waals surface area contributed by atoms with Crippen molar-refractivity contribution in [3.8, 4) is 11.5 Å². The second kappa shape index (κ2) is 10.4. The minimum atomic E-state index is -4.67. The fourth-order valence-electron chi connectivity index (χ4n) is 4.42. The van der Waals surface area contributed by atoms with Crippen molar-refractivity contribution in [3.63, 3.8) is 0 Å². The predicted octanol–water partition coefficient (Wildman–Crippen LogP) is 5.96. The highest BCUT2D eigenvalue weighted by Crippen LogP contribution is 2.32. The Morgan fingerprint density at radius 3 is 1.92 bits per heavy atom. The highest BCUT2D eigenvalue weighted by Gasteiger charge is 2.38. The molecular formula is C23H28F7N5O2. The van der Waals surface area contributed by atoms with Gasteiger partial charge in [-0.1, -0.05) is 0 Å². The van der Waals surface area contributed by atoms with Crippen molar-refractivity contribution >= 4 is 17.5 Å². The Morgan fingerprint density at radius 1 is 0.919 bits per heavy atom. The molecule has 3 N–H and O–H groups in total. The van der Waals surface area contributed by atoms with Crippen molar-refractivity contribution in [3.05, 3.63) is 30.2 Å². The first-order valence-electron chi connectivity index (χ1n) is 11.3. The number of rotatable bonds is 8. The van der Waals surface area contributed by atoms with E-state index in [0.29, 0.717) is 12.8 Å². The molecule has 2 aromatic rings. The monoisotopic (exact) mass is 539 g/mol. The quantitative estimate of drug-likeness (QED) is 0.357. The van der Waals surface area contributed by atoms with E-state index in [2.05, 4.69) is 35.4 Å². The molecule has 0 radical (unpaired) electrons. The van der Waals surface area contributed by atoms with Gasteiger partial charge in [0.1, 0.15) is 11.5 Å². The minimum absolute atomic E-state index is 0.0291. The molecular weight excluding hydrogens is 511 g/mol. The Bertz CT molecular complexity index is 1040. The zero-order valence-electron chi connectivity index (χ0n) is 20.6. The molecule has 7 nitrogen and oxygen atoms in total. The first-order valence-corrected chi connectivity index (χ1v) is 11.3. The zero-order valence-corrected chi connectivity index (χ0v) is 20.6. The third-order valence-corrected chi connectivity index (χ3v) is 5.22. The summed E-state index contributed by atoms with van der Waals surface area (Å²) in [5.74, 6) is -1.78. The number of ether oxygens (including phenoxy) is 2. The molecule has 1 aromatic carbocycles. The average molecular weight is 539 g/mol. The lowest BCUT2D eigenvalue weighted by atomic mass is 9.79. The smallest absolute Gasteiger partial charge is 0.422 e. The summed E-state index contributed by atoms with van der Waals surface area (Å²) in [6.45, 7) is 4.77. The van der Waals surface area contributed by atoms with Gasteiger partial charge in [0.05, 0.1) is 6.20 Å². The number of hydrogen-bond acceptors (Lipinski definition) is 7. The molecule has 0 bridgehead atoms. The Morgan fingerprint density at radius 2 is 1.43 bits per heavy atom. The number of halogens is 7. The predicted molar refractivity (Wildman–Crippen MR) is 123 cm³/mol. The van der Waals surface area contributed by atoms with Crippen LogP contribution in [0.2, 0.25) is 0 Å². The van der Waals surface area contributed by atoms with Gasteiger partial charge in [0.15, 0.2) is 24.8 Å². The maximum atomic E-state index is 14.5. The Balaban J connectivity index is 1.82. The molecule has 206 valence electrons. The lowest BCUT2D eigenvalue weighted by molar-refractivity contribution is -0.153. The first-order chi connectivity index (χ1) is 16.9. The van der Waals surface area contributed by atoms with Crippen molar-refractivity contribution in [1.82, 2.24) is 15.3 Å². The Hall–Kier alpha value is -3.03. The van der Waals surface area contributed by atoms with Crippen LogP contribution in [0.5, 0.6) is 11.5 Å². The Labute approximate surface area is 209 Å². The molecule has 37 heavy (non-hydrogen) atoms. The van der Waals surface area contributed by atoms with Crippen molar-refractivity contribution in [2.24, 2.45) is 0 Å².